The minimum Gasteiger partial charge on any atom is -0.449 e. The number of aromatic amines is 1. The Balaban J connectivity index is 1.86. The second-order valence-corrected chi connectivity index (χ2v) is 8.15. The van der Waals surface area contributed by atoms with Gasteiger partial charge in [0.1, 0.15) is 10.7 Å². The third-order valence-corrected chi connectivity index (χ3v) is 5.72. The van der Waals surface area contributed by atoms with Crippen LogP contribution in [-0.4, -0.2) is 46.9 Å². The average molecular weight is 413 g/mol. The predicted octanol–water partition coefficient (Wildman–Crippen LogP) is 3.16. The summed E-state index contributed by atoms with van der Waals surface area (Å²) in [5.74, 6) is -0.428. The molecule has 0 spiro atoms. The van der Waals surface area contributed by atoms with Crippen molar-refractivity contribution in [3.05, 3.63) is 50.6 Å². The lowest BCUT2D eigenvalue weighted by molar-refractivity contribution is -0.137. The molecule has 1 atom stereocenters. The molecule has 1 N–H and O–H groups in total. The third kappa shape index (κ3) is 4.07. The van der Waals surface area contributed by atoms with Gasteiger partial charge in [-0.2, -0.15) is 0 Å². The Morgan fingerprint density at radius 2 is 1.90 bits per heavy atom. The molecule has 0 unspecified atom stereocenters. The number of hydrogen-bond donors (Lipinski definition) is 1. The fraction of sp³-hybridized carbons (Fsp3) is 0.333. The third-order valence-electron chi connectivity index (χ3n) is 4.68. The number of carbonyl (C=O) groups excluding carboxylic acids is 2. The molecule has 0 saturated carbocycles. The molecule has 1 amide bonds. The number of carbonyl (C=O) groups is 2. The zero-order valence-electron chi connectivity index (χ0n) is 17.0. The van der Waals surface area contributed by atoms with Crippen molar-refractivity contribution in [3.8, 4) is 11.4 Å². The Morgan fingerprint density at radius 1 is 1.24 bits per heavy atom. The summed E-state index contributed by atoms with van der Waals surface area (Å²) in [7, 11) is 3.20. The first kappa shape index (κ1) is 20.7. The van der Waals surface area contributed by atoms with Crippen molar-refractivity contribution in [2.75, 3.05) is 14.1 Å². The first-order valence-electron chi connectivity index (χ1n) is 9.27. The average Bonchev–Trinajstić information content (AvgIpc) is 3.02. The van der Waals surface area contributed by atoms with Gasteiger partial charge in [0.2, 0.25) is 0 Å². The van der Waals surface area contributed by atoms with Crippen LogP contribution in [0.3, 0.4) is 0 Å². The maximum atomic E-state index is 12.6. The van der Waals surface area contributed by atoms with Gasteiger partial charge in [0.15, 0.2) is 6.10 Å². The lowest BCUT2D eigenvalue weighted by Gasteiger charge is -2.17. The summed E-state index contributed by atoms with van der Waals surface area (Å²) in [6.45, 7) is 5.55. The number of aromatic nitrogens is 2. The number of ether oxygens (including phenoxy) is 1. The van der Waals surface area contributed by atoms with E-state index in [0.29, 0.717) is 27.2 Å². The highest BCUT2D eigenvalue weighted by molar-refractivity contribution is 7.18. The Labute approximate surface area is 172 Å². The van der Waals surface area contributed by atoms with Gasteiger partial charge in [-0.1, -0.05) is 19.1 Å². The van der Waals surface area contributed by atoms with Crippen molar-refractivity contribution in [3.63, 3.8) is 0 Å². The van der Waals surface area contributed by atoms with E-state index in [9.17, 15) is 14.4 Å². The van der Waals surface area contributed by atoms with Crippen LogP contribution in [0.2, 0.25) is 0 Å². The van der Waals surface area contributed by atoms with Crippen molar-refractivity contribution in [2.24, 2.45) is 0 Å². The molecule has 0 fully saturated rings. The Kier molecular flexibility index (Phi) is 5.83. The quantitative estimate of drug-likeness (QED) is 0.649. The van der Waals surface area contributed by atoms with Gasteiger partial charge in [-0.05, 0) is 38.0 Å². The van der Waals surface area contributed by atoms with Crippen LogP contribution in [0.5, 0.6) is 0 Å². The van der Waals surface area contributed by atoms with E-state index < -0.39 is 12.1 Å². The zero-order chi connectivity index (χ0) is 21.3. The summed E-state index contributed by atoms with van der Waals surface area (Å²) in [6, 6.07) is 6.57. The van der Waals surface area contributed by atoms with Crippen molar-refractivity contribution < 1.29 is 14.3 Å². The summed E-state index contributed by atoms with van der Waals surface area (Å²) in [4.78, 5) is 47.3. The predicted molar refractivity (Wildman–Crippen MR) is 113 cm³/mol. The SMILES string of the molecule is CCc1c(C)sc2nc(-c3ccc(C(=O)O[C@H](C)C(=O)N(C)C)cc3)[nH]c(=O)c12. The van der Waals surface area contributed by atoms with Gasteiger partial charge in [-0.15, -0.1) is 11.3 Å². The van der Waals surface area contributed by atoms with Gasteiger partial charge in [0, 0.05) is 24.5 Å². The largest absolute Gasteiger partial charge is 0.449 e. The number of rotatable bonds is 5. The van der Waals surface area contributed by atoms with E-state index >= 15 is 0 Å². The van der Waals surface area contributed by atoms with Crippen LogP contribution in [0.15, 0.2) is 29.1 Å². The molecule has 7 nitrogen and oxygen atoms in total. The standard InChI is InChI=1S/C21H23N3O4S/c1-6-15-12(3)29-19-16(15)18(25)22-17(23-19)13-7-9-14(10-8-13)21(27)28-11(2)20(26)24(4)5/h7-11H,6H2,1-5H3,(H,22,23,25)/t11-/m1/s1. The highest BCUT2D eigenvalue weighted by Crippen LogP contribution is 2.28. The van der Waals surface area contributed by atoms with Crippen LogP contribution < -0.4 is 5.56 Å². The van der Waals surface area contributed by atoms with E-state index in [1.54, 1.807) is 38.4 Å². The van der Waals surface area contributed by atoms with Crippen LogP contribution in [0, 0.1) is 6.92 Å². The smallest absolute Gasteiger partial charge is 0.338 e. The molecule has 0 saturated heterocycles. The van der Waals surface area contributed by atoms with E-state index in [1.807, 2.05) is 13.8 Å². The van der Waals surface area contributed by atoms with Gasteiger partial charge in [0.25, 0.3) is 11.5 Å². The van der Waals surface area contributed by atoms with E-state index in [-0.39, 0.29) is 11.5 Å². The lowest BCUT2D eigenvalue weighted by atomic mass is 10.1. The van der Waals surface area contributed by atoms with Gasteiger partial charge in [-0.25, -0.2) is 9.78 Å². The van der Waals surface area contributed by atoms with E-state index in [4.69, 9.17) is 4.74 Å². The molecule has 1 aromatic carbocycles. The number of likely N-dealkylation sites (N-methyl/N-ethyl adjacent to an activating group) is 1. The topological polar surface area (TPSA) is 92.4 Å². The molecule has 3 aromatic rings. The van der Waals surface area contributed by atoms with Gasteiger partial charge in [0.05, 0.1) is 10.9 Å². The highest BCUT2D eigenvalue weighted by Gasteiger charge is 2.20. The number of fused-ring (bicyclic) bond motifs is 1. The number of amides is 1. The summed E-state index contributed by atoms with van der Waals surface area (Å²) >= 11 is 1.51. The molecule has 8 heteroatoms. The number of esters is 1. The number of nitrogens with zero attached hydrogens (tertiary/aromatic N) is 2. The molecule has 0 bridgehead atoms. The molecular weight excluding hydrogens is 390 g/mol. The van der Waals surface area contributed by atoms with Gasteiger partial charge in [-0.3, -0.25) is 9.59 Å². The number of H-pyrrole nitrogens is 1. The monoisotopic (exact) mass is 413 g/mol. The molecule has 0 aliphatic carbocycles. The molecule has 0 radical (unpaired) electrons. The fourth-order valence-corrected chi connectivity index (χ4v) is 4.26. The molecule has 0 aliphatic rings. The van der Waals surface area contributed by atoms with E-state index in [1.165, 1.54) is 23.2 Å². The van der Waals surface area contributed by atoms with Gasteiger partial charge < -0.3 is 14.6 Å². The highest BCUT2D eigenvalue weighted by atomic mass is 32.1. The molecule has 29 heavy (non-hydrogen) atoms. The van der Waals surface area contributed by atoms with Crippen molar-refractivity contribution >= 4 is 33.4 Å². The Hall–Kier alpha value is -3.00. The van der Waals surface area contributed by atoms with Crippen LogP contribution in [-0.2, 0) is 16.0 Å². The van der Waals surface area contributed by atoms with E-state index in [2.05, 4.69) is 9.97 Å². The summed E-state index contributed by atoms with van der Waals surface area (Å²) < 4.78 is 5.21. The normalized spacial score (nSPS) is 12.0. The van der Waals surface area contributed by atoms with Gasteiger partial charge >= 0.3 is 5.97 Å². The number of nitrogens with one attached hydrogen (secondary N) is 1. The zero-order valence-corrected chi connectivity index (χ0v) is 17.8. The number of hydrogen-bond acceptors (Lipinski definition) is 6. The van der Waals surface area contributed by atoms with Crippen LogP contribution >= 0.6 is 11.3 Å². The maximum absolute atomic E-state index is 12.6. The minimum absolute atomic E-state index is 0.161. The van der Waals surface area contributed by atoms with Crippen molar-refractivity contribution in [1.82, 2.24) is 14.9 Å². The maximum Gasteiger partial charge on any atom is 0.338 e. The number of aryl methyl sites for hydroxylation is 2. The Morgan fingerprint density at radius 3 is 2.48 bits per heavy atom. The van der Waals surface area contributed by atoms with E-state index in [0.717, 1.165) is 16.9 Å². The molecule has 2 aromatic heterocycles. The summed E-state index contributed by atoms with van der Waals surface area (Å²) in [5, 5.41) is 0.651. The molecular formula is C21H23N3O4S. The van der Waals surface area contributed by atoms with Crippen LogP contribution in [0.1, 0.15) is 34.6 Å². The number of thiophene rings is 1. The summed E-state index contributed by atoms with van der Waals surface area (Å²) in [5.41, 5.74) is 1.87. The Bertz CT molecular complexity index is 1130. The molecule has 152 valence electrons. The summed E-state index contributed by atoms with van der Waals surface area (Å²) in [6.07, 6.45) is -0.0889. The minimum atomic E-state index is -0.868. The van der Waals surface area contributed by atoms with Crippen LogP contribution in [0.25, 0.3) is 21.6 Å². The van der Waals surface area contributed by atoms with Crippen LogP contribution in [0.4, 0.5) is 0 Å². The molecule has 2 heterocycles. The first-order chi connectivity index (χ1) is 13.7. The van der Waals surface area contributed by atoms with Crippen molar-refractivity contribution in [2.45, 2.75) is 33.3 Å². The van der Waals surface area contributed by atoms with Crippen molar-refractivity contribution in [1.29, 1.82) is 0 Å². The first-order valence-corrected chi connectivity index (χ1v) is 10.1. The molecule has 0 aliphatic heterocycles. The fourth-order valence-electron chi connectivity index (χ4n) is 3.14. The molecule has 3 rings (SSSR count). The second kappa shape index (κ2) is 8.16. The lowest BCUT2D eigenvalue weighted by Crippen LogP contribution is -2.34. The number of benzene rings is 1. The second-order valence-electron chi connectivity index (χ2n) is 6.94.